The van der Waals surface area contributed by atoms with Crippen molar-refractivity contribution in [3.63, 3.8) is 0 Å². The molecule has 3 nitrogen and oxygen atoms in total. The van der Waals surface area contributed by atoms with Gasteiger partial charge in [-0.15, -0.1) is 0 Å². The normalized spacial score (nSPS) is 13.8. The van der Waals surface area contributed by atoms with Crippen LogP contribution in [0.2, 0.25) is 0 Å². The van der Waals surface area contributed by atoms with Crippen LogP contribution < -0.4 is 5.32 Å². The van der Waals surface area contributed by atoms with Gasteiger partial charge in [-0.1, -0.05) is 27.7 Å². The summed E-state index contributed by atoms with van der Waals surface area (Å²) in [5, 5.41) is 3.43. The standard InChI is InChI=1S/C15H29N3/c1-6-10-18-11-9-17-14(18)12-13(16-5)7-8-15(2,3)4/h9,11,13,16H,6-8,10,12H2,1-5H3. The monoisotopic (exact) mass is 251 g/mol. The van der Waals surface area contributed by atoms with E-state index in [1.54, 1.807) is 0 Å². The van der Waals surface area contributed by atoms with Gasteiger partial charge >= 0.3 is 0 Å². The first-order valence-corrected chi connectivity index (χ1v) is 7.13. The molecule has 0 amide bonds. The Balaban J connectivity index is 2.54. The van der Waals surface area contributed by atoms with E-state index in [-0.39, 0.29) is 0 Å². The first kappa shape index (κ1) is 15.2. The predicted octanol–water partition coefficient (Wildman–Crippen LogP) is 3.25. The maximum absolute atomic E-state index is 4.49. The van der Waals surface area contributed by atoms with E-state index in [1.165, 1.54) is 18.7 Å². The van der Waals surface area contributed by atoms with Crippen molar-refractivity contribution < 1.29 is 0 Å². The summed E-state index contributed by atoms with van der Waals surface area (Å²) in [4.78, 5) is 4.49. The molecular formula is C15H29N3. The Morgan fingerprint density at radius 2 is 2.11 bits per heavy atom. The van der Waals surface area contributed by atoms with E-state index < -0.39 is 0 Å². The van der Waals surface area contributed by atoms with Crippen molar-refractivity contribution in [2.75, 3.05) is 7.05 Å². The molecule has 1 aromatic heterocycles. The summed E-state index contributed by atoms with van der Waals surface area (Å²) >= 11 is 0. The number of imidazole rings is 1. The van der Waals surface area contributed by atoms with Crippen LogP contribution in [-0.2, 0) is 13.0 Å². The number of hydrogen-bond acceptors (Lipinski definition) is 2. The quantitative estimate of drug-likeness (QED) is 0.806. The summed E-state index contributed by atoms with van der Waals surface area (Å²) in [7, 11) is 2.06. The number of nitrogens with one attached hydrogen (secondary N) is 1. The molecule has 3 heteroatoms. The lowest BCUT2D eigenvalue weighted by Crippen LogP contribution is -2.30. The Bertz CT molecular complexity index is 336. The Hall–Kier alpha value is -0.830. The number of aryl methyl sites for hydroxylation is 1. The average molecular weight is 251 g/mol. The van der Waals surface area contributed by atoms with Gasteiger partial charge in [-0.2, -0.15) is 0 Å². The minimum absolute atomic E-state index is 0.411. The van der Waals surface area contributed by atoms with Gasteiger partial charge in [-0.05, 0) is 31.7 Å². The lowest BCUT2D eigenvalue weighted by atomic mass is 9.88. The molecule has 0 aliphatic rings. The molecule has 1 N–H and O–H groups in total. The van der Waals surface area contributed by atoms with E-state index in [4.69, 9.17) is 0 Å². The Morgan fingerprint density at radius 1 is 1.39 bits per heavy atom. The molecule has 1 aromatic rings. The Labute approximate surface area is 112 Å². The minimum atomic E-state index is 0.411. The zero-order chi connectivity index (χ0) is 13.6. The lowest BCUT2D eigenvalue weighted by molar-refractivity contribution is 0.332. The summed E-state index contributed by atoms with van der Waals surface area (Å²) in [6.07, 6.45) is 8.65. The van der Waals surface area contributed by atoms with Crippen LogP contribution in [0.15, 0.2) is 12.4 Å². The molecule has 1 rings (SSSR count). The van der Waals surface area contributed by atoms with E-state index in [0.717, 1.165) is 19.4 Å². The fourth-order valence-electron chi connectivity index (χ4n) is 2.15. The highest BCUT2D eigenvalue weighted by atomic mass is 15.1. The van der Waals surface area contributed by atoms with Crippen LogP contribution in [0.25, 0.3) is 0 Å². The van der Waals surface area contributed by atoms with Gasteiger partial charge in [0, 0.05) is 31.4 Å². The number of nitrogens with zero attached hydrogens (tertiary/aromatic N) is 2. The number of likely N-dealkylation sites (N-methyl/N-ethyl adjacent to an activating group) is 1. The van der Waals surface area contributed by atoms with E-state index in [9.17, 15) is 0 Å². The maximum atomic E-state index is 4.49. The SMILES string of the molecule is CCCn1ccnc1CC(CCC(C)(C)C)NC. The predicted molar refractivity (Wildman–Crippen MR) is 77.8 cm³/mol. The highest BCUT2D eigenvalue weighted by Gasteiger charge is 2.16. The summed E-state index contributed by atoms with van der Waals surface area (Å²) in [6, 6.07) is 0.530. The Morgan fingerprint density at radius 3 is 2.67 bits per heavy atom. The topological polar surface area (TPSA) is 29.9 Å². The fourth-order valence-corrected chi connectivity index (χ4v) is 2.15. The second-order valence-electron chi connectivity index (χ2n) is 6.33. The molecule has 104 valence electrons. The van der Waals surface area contributed by atoms with Crippen molar-refractivity contribution >= 4 is 0 Å². The number of aromatic nitrogens is 2. The Kier molecular flexibility index (Phi) is 5.86. The molecule has 0 aliphatic carbocycles. The smallest absolute Gasteiger partial charge is 0.110 e. The van der Waals surface area contributed by atoms with Crippen molar-refractivity contribution in [2.24, 2.45) is 5.41 Å². The molecule has 0 saturated heterocycles. The van der Waals surface area contributed by atoms with Gasteiger partial charge in [0.25, 0.3) is 0 Å². The highest BCUT2D eigenvalue weighted by molar-refractivity contribution is 4.95. The third kappa shape index (κ3) is 5.21. The minimum Gasteiger partial charge on any atom is -0.335 e. The van der Waals surface area contributed by atoms with Crippen LogP contribution >= 0.6 is 0 Å². The van der Waals surface area contributed by atoms with Gasteiger partial charge in [0.05, 0.1) is 0 Å². The zero-order valence-corrected chi connectivity index (χ0v) is 12.7. The van der Waals surface area contributed by atoms with Crippen molar-refractivity contribution in [1.29, 1.82) is 0 Å². The average Bonchev–Trinajstić information content (AvgIpc) is 2.71. The van der Waals surface area contributed by atoms with Crippen molar-refractivity contribution in [1.82, 2.24) is 14.9 Å². The molecule has 0 aliphatic heterocycles. The van der Waals surface area contributed by atoms with Crippen LogP contribution in [0.4, 0.5) is 0 Å². The summed E-state index contributed by atoms with van der Waals surface area (Å²) < 4.78 is 2.28. The number of rotatable bonds is 7. The van der Waals surface area contributed by atoms with Crippen molar-refractivity contribution in [3.8, 4) is 0 Å². The molecule has 0 aromatic carbocycles. The molecular weight excluding hydrogens is 222 g/mol. The van der Waals surface area contributed by atoms with E-state index in [1.807, 2.05) is 6.20 Å². The van der Waals surface area contributed by atoms with Crippen molar-refractivity contribution in [3.05, 3.63) is 18.2 Å². The summed E-state index contributed by atoms with van der Waals surface area (Å²) in [5.74, 6) is 1.21. The van der Waals surface area contributed by atoms with Gasteiger partial charge < -0.3 is 9.88 Å². The second kappa shape index (κ2) is 6.93. The van der Waals surface area contributed by atoms with Gasteiger partial charge in [-0.3, -0.25) is 0 Å². The molecule has 0 fully saturated rings. The van der Waals surface area contributed by atoms with Gasteiger partial charge in [-0.25, -0.2) is 4.98 Å². The van der Waals surface area contributed by atoms with Crippen LogP contribution in [0.5, 0.6) is 0 Å². The van der Waals surface area contributed by atoms with E-state index in [0.29, 0.717) is 11.5 Å². The number of hydrogen-bond donors (Lipinski definition) is 1. The molecule has 1 heterocycles. The van der Waals surface area contributed by atoms with Gasteiger partial charge in [0.15, 0.2) is 0 Å². The van der Waals surface area contributed by atoms with Crippen molar-refractivity contribution in [2.45, 2.75) is 66.0 Å². The van der Waals surface area contributed by atoms with Gasteiger partial charge in [0.2, 0.25) is 0 Å². The molecule has 0 spiro atoms. The van der Waals surface area contributed by atoms with E-state index >= 15 is 0 Å². The van der Waals surface area contributed by atoms with Crippen LogP contribution in [-0.4, -0.2) is 22.6 Å². The lowest BCUT2D eigenvalue weighted by Gasteiger charge is -2.23. The molecule has 1 unspecified atom stereocenters. The molecule has 0 radical (unpaired) electrons. The molecule has 18 heavy (non-hydrogen) atoms. The van der Waals surface area contributed by atoms with Crippen LogP contribution in [0, 0.1) is 5.41 Å². The largest absolute Gasteiger partial charge is 0.335 e. The van der Waals surface area contributed by atoms with Crippen LogP contribution in [0.3, 0.4) is 0 Å². The maximum Gasteiger partial charge on any atom is 0.110 e. The highest BCUT2D eigenvalue weighted by Crippen LogP contribution is 2.22. The van der Waals surface area contributed by atoms with E-state index in [2.05, 4.69) is 55.8 Å². The molecule has 0 saturated carbocycles. The molecule has 0 bridgehead atoms. The van der Waals surface area contributed by atoms with Crippen LogP contribution in [0.1, 0.15) is 52.8 Å². The molecule has 1 atom stereocenters. The second-order valence-corrected chi connectivity index (χ2v) is 6.33. The summed E-state index contributed by atoms with van der Waals surface area (Å²) in [5.41, 5.74) is 0.411. The first-order chi connectivity index (χ1) is 8.46. The summed E-state index contributed by atoms with van der Waals surface area (Å²) in [6.45, 7) is 10.2. The third-order valence-electron chi connectivity index (χ3n) is 3.35. The van der Waals surface area contributed by atoms with Gasteiger partial charge in [0.1, 0.15) is 5.82 Å². The fraction of sp³-hybridized carbons (Fsp3) is 0.800. The first-order valence-electron chi connectivity index (χ1n) is 7.13. The third-order valence-corrected chi connectivity index (χ3v) is 3.35. The zero-order valence-electron chi connectivity index (χ0n) is 12.7.